The monoisotopic (exact) mass is 387 g/mol. The van der Waals surface area contributed by atoms with Crippen LogP contribution in [0.5, 0.6) is 0 Å². The van der Waals surface area contributed by atoms with E-state index in [-0.39, 0.29) is 5.91 Å². The van der Waals surface area contributed by atoms with E-state index in [0.29, 0.717) is 15.2 Å². The second kappa shape index (κ2) is 7.80. The van der Waals surface area contributed by atoms with Crippen molar-refractivity contribution in [1.82, 2.24) is 15.0 Å². The average molecular weight is 388 g/mol. The summed E-state index contributed by atoms with van der Waals surface area (Å²) in [5.74, 6) is -0.203. The summed E-state index contributed by atoms with van der Waals surface area (Å²) in [5.41, 5.74) is 4.19. The van der Waals surface area contributed by atoms with Gasteiger partial charge in [-0.1, -0.05) is 29.9 Å². The largest absolute Gasteiger partial charge is 0.331 e. The van der Waals surface area contributed by atoms with Gasteiger partial charge in [0.2, 0.25) is 0 Å². The van der Waals surface area contributed by atoms with Crippen molar-refractivity contribution >= 4 is 45.4 Å². The summed E-state index contributed by atoms with van der Waals surface area (Å²) in [6.07, 6.45) is 4.05. The number of amides is 1. The van der Waals surface area contributed by atoms with Crippen LogP contribution >= 0.6 is 22.9 Å². The molecule has 0 radical (unpaired) electrons. The molecule has 0 saturated heterocycles. The van der Waals surface area contributed by atoms with Gasteiger partial charge in [0.25, 0.3) is 5.91 Å². The first-order chi connectivity index (χ1) is 12.5. The number of halogens is 1. The van der Waals surface area contributed by atoms with E-state index in [9.17, 15) is 4.79 Å². The lowest BCUT2D eigenvalue weighted by atomic mass is 10.1. The van der Waals surface area contributed by atoms with Crippen molar-refractivity contribution < 1.29 is 4.79 Å². The third-order valence-corrected chi connectivity index (χ3v) is 4.82. The predicted molar refractivity (Wildman–Crippen MR) is 106 cm³/mol. The summed E-state index contributed by atoms with van der Waals surface area (Å²) in [6, 6.07) is 5.45. The molecule has 3 heterocycles. The van der Waals surface area contributed by atoms with E-state index in [0.717, 1.165) is 34.7 Å². The molecule has 0 spiro atoms. The van der Waals surface area contributed by atoms with Crippen molar-refractivity contribution in [3.8, 4) is 0 Å². The van der Waals surface area contributed by atoms with E-state index < -0.39 is 0 Å². The van der Waals surface area contributed by atoms with Crippen LogP contribution in [-0.4, -0.2) is 20.9 Å². The zero-order chi connectivity index (χ0) is 18.7. The lowest BCUT2D eigenvalue weighted by Gasteiger charge is -2.11. The van der Waals surface area contributed by atoms with E-state index in [1.54, 1.807) is 18.5 Å². The Morgan fingerprint density at radius 3 is 2.81 bits per heavy atom. The molecule has 0 bridgehead atoms. The molecule has 0 aliphatic rings. The number of rotatable bonds is 5. The fourth-order valence-corrected chi connectivity index (χ4v) is 3.47. The summed E-state index contributed by atoms with van der Waals surface area (Å²) >= 11 is 7.24. The van der Waals surface area contributed by atoms with Crippen molar-refractivity contribution in [3.63, 3.8) is 0 Å². The van der Waals surface area contributed by atoms with Crippen molar-refractivity contribution in [1.29, 1.82) is 0 Å². The fourth-order valence-electron chi connectivity index (χ4n) is 2.49. The summed E-state index contributed by atoms with van der Waals surface area (Å²) < 4.78 is 0. The minimum Gasteiger partial charge on any atom is -0.331 e. The van der Waals surface area contributed by atoms with Gasteiger partial charge in [-0.05, 0) is 44.0 Å². The summed E-state index contributed by atoms with van der Waals surface area (Å²) in [4.78, 5) is 25.8. The first-order valence-corrected chi connectivity index (χ1v) is 9.28. The summed E-state index contributed by atoms with van der Waals surface area (Å²) in [7, 11) is 0. The van der Waals surface area contributed by atoms with Gasteiger partial charge >= 0.3 is 0 Å². The van der Waals surface area contributed by atoms with Gasteiger partial charge in [-0.3, -0.25) is 9.78 Å². The summed E-state index contributed by atoms with van der Waals surface area (Å²) in [5, 5.41) is 7.11. The summed E-state index contributed by atoms with van der Waals surface area (Å²) in [6.45, 7) is 5.82. The van der Waals surface area contributed by atoms with Crippen LogP contribution in [-0.2, 0) is 6.42 Å². The number of thiazole rings is 1. The first kappa shape index (κ1) is 18.3. The molecule has 134 valence electrons. The number of carbonyl (C=O) groups excluding carboxylic acids is 1. The van der Waals surface area contributed by atoms with Gasteiger partial charge in [-0.25, -0.2) is 9.97 Å². The number of aryl methyl sites for hydroxylation is 3. The number of nitrogens with one attached hydrogen (secondary N) is 2. The Bertz CT molecular complexity index is 936. The number of anilines is 3. The van der Waals surface area contributed by atoms with Gasteiger partial charge in [0.05, 0.1) is 17.6 Å². The maximum Gasteiger partial charge on any atom is 0.267 e. The van der Waals surface area contributed by atoms with E-state index in [1.807, 2.05) is 32.9 Å². The molecule has 1 amide bonds. The standard InChI is InChI=1S/C18H18ClN5OS/c1-4-13-16(10(2)5-6-20-13)24-17(25)14-9-21-18(26-14)23-12-7-11(3)22-15(19)8-12/h5-9H,4H2,1-3H3,(H,24,25)(H,21,22,23). The lowest BCUT2D eigenvalue weighted by Crippen LogP contribution is -2.13. The highest BCUT2D eigenvalue weighted by Crippen LogP contribution is 2.26. The molecule has 0 atom stereocenters. The highest BCUT2D eigenvalue weighted by molar-refractivity contribution is 7.17. The van der Waals surface area contributed by atoms with E-state index in [2.05, 4.69) is 25.6 Å². The number of nitrogens with zero attached hydrogens (tertiary/aromatic N) is 3. The molecule has 0 aliphatic heterocycles. The van der Waals surface area contributed by atoms with E-state index in [4.69, 9.17) is 11.6 Å². The smallest absolute Gasteiger partial charge is 0.267 e. The zero-order valence-electron chi connectivity index (χ0n) is 14.6. The Labute approximate surface area is 160 Å². The maximum absolute atomic E-state index is 12.6. The zero-order valence-corrected chi connectivity index (χ0v) is 16.2. The van der Waals surface area contributed by atoms with Crippen LogP contribution < -0.4 is 10.6 Å². The van der Waals surface area contributed by atoms with Crippen LogP contribution in [0.2, 0.25) is 5.15 Å². The van der Waals surface area contributed by atoms with E-state index in [1.165, 1.54) is 11.3 Å². The Morgan fingerprint density at radius 1 is 1.27 bits per heavy atom. The molecular weight excluding hydrogens is 370 g/mol. The second-order valence-electron chi connectivity index (χ2n) is 5.73. The minimum atomic E-state index is -0.203. The SMILES string of the molecule is CCc1nccc(C)c1NC(=O)c1cnc(Nc2cc(C)nc(Cl)c2)s1. The highest BCUT2D eigenvalue weighted by atomic mass is 35.5. The van der Waals surface area contributed by atoms with Gasteiger partial charge in [0, 0.05) is 17.6 Å². The molecule has 6 nitrogen and oxygen atoms in total. The van der Waals surface area contributed by atoms with Crippen molar-refractivity contribution in [2.24, 2.45) is 0 Å². The number of hydrogen-bond acceptors (Lipinski definition) is 6. The number of carbonyl (C=O) groups is 1. The quantitative estimate of drug-likeness (QED) is 0.617. The molecular formula is C18H18ClN5OS. The topological polar surface area (TPSA) is 79.8 Å². The Hall–Kier alpha value is -2.51. The number of hydrogen-bond donors (Lipinski definition) is 2. The molecule has 0 saturated carbocycles. The van der Waals surface area contributed by atoms with Crippen molar-refractivity contribution in [2.45, 2.75) is 27.2 Å². The van der Waals surface area contributed by atoms with Gasteiger partial charge < -0.3 is 10.6 Å². The molecule has 26 heavy (non-hydrogen) atoms. The molecule has 3 aromatic heterocycles. The average Bonchev–Trinajstić information content (AvgIpc) is 3.04. The minimum absolute atomic E-state index is 0.203. The van der Waals surface area contributed by atoms with Crippen molar-refractivity contribution in [2.75, 3.05) is 10.6 Å². The Kier molecular flexibility index (Phi) is 5.49. The van der Waals surface area contributed by atoms with Crippen LogP contribution in [0.3, 0.4) is 0 Å². The normalized spacial score (nSPS) is 10.6. The van der Waals surface area contributed by atoms with Gasteiger partial charge in [-0.15, -0.1) is 0 Å². The second-order valence-corrected chi connectivity index (χ2v) is 7.15. The van der Waals surface area contributed by atoms with Gasteiger partial charge in [0.1, 0.15) is 10.0 Å². The van der Waals surface area contributed by atoms with Crippen LogP contribution in [0.25, 0.3) is 0 Å². The lowest BCUT2D eigenvalue weighted by molar-refractivity contribution is 0.103. The molecule has 0 fully saturated rings. The number of pyridine rings is 2. The molecule has 3 rings (SSSR count). The molecule has 3 aromatic rings. The van der Waals surface area contributed by atoms with Crippen LogP contribution in [0, 0.1) is 13.8 Å². The first-order valence-electron chi connectivity index (χ1n) is 8.09. The Morgan fingerprint density at radius 2 is 2.08 bits per heavy atom. The number of aromatic nitrogens is 3. The fraction of sp³-hybridized carbons (Fsp3) is 0.222. The maximum atomic E-state index is 12.6. The molecule has 0 aliphatic carbocycles. The van der Waals surface area contributed by atoms with Crippen LogP contribution in [0.4, 0.5) is 16.5 Å². The van der Waals surface area contributed by atoms with Crippen LogP contribution in [0.15, 0.2) is 30.6 Å². The highest BCUT2D eigenvalue weighted by Gasteiger charge is 2.15. The van der Waals surface area contributed by atoms with E-state index >= 15 is 0 Å². The molecule has 0 aromatic carbocycles. The van der Waals surface area contributed by atoms with Gasteiger partial charge in [0.15, 0.2) is 5.13 Å². The van der Waals surface area contributed by atoms with Gasteiger partial charge in [-0.2, -0.15) is 0 Å². The third kappa shape index (κ3) is 4.17. The molecule has 0 unspecified atom stereocenters. The van der Waals surface area contributed by atoms with Crippen molar-refractivity contribution in [3.05, 3.63) is 57.6 Å². The predicted octanol–water partition coefficient (Wildman–Crippen LogP) is 4.76. The molecule has 8 heteroatoms. The Balaban J connectivity index is 1.76. The van der Waals surface area contributed by atoms with Crippen LogP contribution in [0.1, 0.15) is 33.5 Å². The molecule has 2 N–H and O–H groups in total. The third-order valence-electron chi connectivity index (χ3n) is 3.71.